The molecule has 0 saturated heterocycles. The smallest absolute Gasteiger partial charge is 0.269 e. The number of nitrogen functional groups attached to an aromatic ring is 1. The van der Waals surface area contributed by atoms with Gasteiger partial charge in [-0.2, -0.15) is 5.10 Å². The lowest BCUT2D eigenvalue weighted by molar-refractivity contribution is 0.0994. The van der Waals surface area contributed by atoms with Gasteiger partial charge in [0, 0.05) is 12.6 Å². The van der Waals surface area contributed by atoms with E-state index in [1.54, 1.807) is 17.8 Å². The molecular formula is C12H13N5O. The third kappa shape index (κ3) is 1.38. The van der Waals surface area contributed by atoms with Crippen LogP contribution >= 0.6 is 0 Å². The molecule has 0 spiro atoms. The number of primary amides is 1. The van der Waals surface area contributed by atoms with Crippen molar-refractivity contribution in [3.63, 3.8) is 0 Å². The van der Waals surface area contributed by atoms with Crippen LogP contribution in [0.2, 0.25) is 0 Å². The third-order valence-corrected chi connectivity index (χ3v) is 3.25. The van der Waals surface area contributed by atoms with Gasteiger partial charge in [-0.3, -0.25) is 9.48 Å². The summed E-state index contributed by atoms with van der Waals surface area (Å²) < 4.78 is 1.65. The quantitative estimate of drug-likeness (QED) is 0.750. The minimum atomic E-state index is -0.501. The Labute approximate surface area is 104 Å². The molecule has 92 valence electrons. The van der Waals surface area contributed by atoms with Gasteiger partial charge in [-0.15, -0.1) is 0 Å². The topological polar surface area (TPSA) is 99.8 Å². The summed E-state index contributed by atoms with van der Waals surface area (Å²) in [4.78, 5) is 15.7. The van der Waals surface area contributed by atoms with Crippen LogP contribution < -0.4 is 11.5 Å². The van der Waals surface area contributed by atoms with E-state index < -0.39 is 5.91 Å². The summed E-state index contributed by atoms with van der Waals surface area (Å²) in [6, 6.07) is 3.76. The van der Waals surface area contributed by atoms with Crippen molar-refractivity contribution >= 4 is 11.7 Å². The van der Waals surface area contributed by atoms with Crippen LogP contribution in [-0.4, -0.2) is 20.7 Å². The highest BCUT2D eigenvalue weighted by atomic mass is 16.1. The van der Waals surface area contributed by atoms with Gasteiger partial charge in [-0.25, -0.2) is 4.98 Å². The lowest BCUT2D eigenvalue weighted by Gasteiger charge is -2.16. The number of pyridine rings is 1. The number of aryl methyl sites for hydroxylation is 2. The number of amides is 1. The monoisotopic (exact) mass is 243 g/mol. The Kier molecular flexibility index (Phi) is 2.13. The molecule has 6 nitrogen and oxygen atoms in total. The maximum absolute atomic E-state index is 11.4. The van der Waals surface area contributed by atoms with Gasteiger partial charge in [0.2, 0.25) is 0 Å². The van der Waals surface area contributed by atoms with Crippen LogP contribution in [0, 0.1) is 0 Å². The Morgan fingerprint density at radius 1 is 1.39 bits per heavy atom. The van der Waals surface area contributed by atoms with E-state index in [4.69, 9.17) is 11.5 Å². The van der Waals surface area contributed by atoms with E-state index in [1.807, 2.05) is 6.07 Å². The second kappa shape index (κ2) is 3.56. The number of hydrogen-bond donors (Lipinski definition) is 2. The molecule has 1 aliphatic carbocycles. The fourth-order valence-corrected chi connectivity index (χ4v) is 2.47. The van der Waals surface area contributed by atoms with Crippen molar-refractivity contribution in [2.75, 3.05) is 5.73 Å². The molecule has 1 aliphatic rings. The highest BCUT2D eigenvalue weighted by molar-refractivity contribution is 5.94. The summed E-state index contributed by atoms with van der Waals surface area (Å²) in [7, 11) is 1.78. The minimum Gasteiger partial charge on any atom is -0.384 e. The number of carbonyl (C=O) groups excluding carboxylic acids is 1. The maximum atomic E-state index is 11.4. The van der Waals surface area contributed by atoms with E-state index >= 15 is 0 Å². The summed E-state index contributed by atoms with van der Waals surface area (Å²) in [6.45, 7) is 0. The molecule has 0 aliphatic heterocycles. The van der Waals surface area contributed by atoms with Crippen molar-refractivity contribution in [2.24, 2.45) is 12.8 Å². The van der Waals surface area contributed by atoms with Crippen LogP contribution in [0.15, 0.2) is 12.1 Å². The van der Waals surface area contributed by atoms with Crippen molar-refractivity contribution in [1.82, 2.24) is 14.8 Å². The Balaban J connectivity index is 2.30. The van der Waals surface area contributed by atoms with Gasteiger partial charge in [0.1, 0.15) is 5.82 Å². The van der Waals surface area contributed by atoms with Crippen molar-refractivity contribution in [1.29, 1.82) is 0 Å². The largest absolute Gasteiger partial charge is 0.384 e. The zero-order chi connectivity index (χ0) is 12.9. The molecule has 4 N–H and O–H groups in total. The lowest BCUT2D eigenvalue weighted by Crippen LogP contribution is -2.15. The average Bonchev–Trinajstić information content (AvgIpc) is 2.67. The Hall–Kier alpha value is -2.37. The van der Waals surface area contributed by atoms with Crippen LogP contribution in [-0.2, 0) is 19.9 Å². The maximum Gasteiger partial charge on any atom is 0.269 e. The SMILES string of the molecule is Cn1nc(C(N)=O)c2c1-c1nc(N)ccc1CC2. The van der Waals surface area contributed by atoms with Gasteiger partial charge in [0.05, 0.1) is 11.4 Å². The highest BCUT2D eigenvalue weighted by Gasteiger charge is 2.27. The number of rotatable bonds is 1. The fraction of sp³-hybridized carbons (Fsp3) is 0.250. The van der Waals surface area contributed by atoms with Crippen LogP contribution in [0.4, 0.5) is 5.82 Å². The number of fused-ring (bicyclic) bond motifs is 3. The van der Waals surface area contributed by atoms with Gasteiger partial charge in [-0.05, 0) is 24.5 Å². The molecule has 0 fully saturated rings. The highest BCUT2D eigenvalue weighted by Crippen LogP contribution is 2.33. The summed E-state index contributed by atoms with van der Waals surface area (Å²) in [5.41, 5.74) is 15.0. The van der Waals surface area contributed by atoms with Gasteiger partial charge >= 0.3 is 0 Å². The predicted octanol–water partition coefficient (Wildman–Crippen LogP) is 0.262. The van der Waals surface area contributed by atoms with Gasteiger partial charge in [0.25, 0.3) is 5.91 Å². The van der Waals surface area contributed by atoms with Crippen molar-refractivity contribution < 1.29 is 4.79 Å². The number of carbonyl (C=O) groups is 1. The first-order valence-electron chi connectivity index (χ1n) is 5.69. The van der Waals surface area contributed by atoms with Gasteiger partial charge in [-0.1, -0.05) is 6.07 Å². The normalized spacial score (nSPS) is 12.9. The zero-order valence-corrected chi connectivity index (χ0v) is 9.97. The van der Waals surface area contributed by atoms with Crippen LogP contribution in [0.3, 0.4) is 0 Å². The molecule has 1 amide bonds. The Morgan fingerprint density at radius 3 is 2.89 bits per heavy atom. The average molecular weight is 243 g/mol. The molecular weight excluding hydrogens is 230 g/mol. The lowest BCUT2D eigenvalue weighted by atomic mass is 9.92. The second-order valence-electron chi connectivity index (χ2n) is 4.41. The molecule has 0 aromatic carbocycles. The summed E-state index contributed by atoms with van der Waals surface area (Å²) in [5, 5.41) is 4.18. The number of aromatic nitrogens is 3. The molecule has 3 rings (SSSR count). The first-order chi connectivity index (χ1) is 8.58. The predicted molar refractivity (Wildman–Crippen MR) is 66.8 cm³/mol. The second-order valence-corrected chi connectivity index (χ2v) is 4.41. The van der Waals surface area contributed by atoms with E-state index in [0.29, 0.717) is 11.5 Å². The molecule has 0 unspecified atom stereocenters. The molecule has 2 heterocycles. The van der Waals surface area contributed by atoms with Crippen LogP contribution in [0.5, 0.6) is 0 Å². The van der Waals surface area contributed by atoms with Crippen molar-refractivity contribution in [3.05, 3.63) is 29.0 Å². The number of nitrogens with two attached hydrogens (primary N) is 2. The van der Waals surface area contributed by atoms with Crippen LogP contribution in [0.25, 0.3) is 11.4 Å². The van der Waals surface area contributed by atoms with Crippen molar-refractivity contribution in [2.45, 2.75) is 12.8 Å². The number of anilines is 1. The molecule has 0 bridgehead atoms. The Morgan fingerprint density at radius 2 is 2.17 bits per heavy atom. The van der Waals surface area contributed by atoms with E-state index in [2.05, 4.69) is 10.1 Å². The van der Waals surface area contributed by atoms with Crippen molar-refractivity contribution in [3.8, 4) is 11.4 Å². The molecule has 6 heteroatoms. The Bertz CT molecular complexity index is 659. The van der Waals surface area contributed by atoms with E-state index in [1.165, 1.54) is 0 Å². The molecule has 0 atom stereocenters. The number of nitrogens with zero attached hydrogens (tertiary/aromatic N) is 3. The first kappa shape index (κ1) is 10.8. The van der Waals surface area contributed by atoms with E-state index in [9.17, 15) is 4.79 Å². The summed E-state index contributed by atoms with van der Waals surface area (Å²) in [5.74, 6) is -0.0392. The van der Waals surface area contributed by atoms with Crippen LogP contribution in [0.1, 0.15) is 21.6 Å². The molecule has 2 aromatic heterocycles. The summed E-state index contributed by atoms with van der Waals surface area (Å²) >= 11 is 0. The molecule has 2 aromatic rings. The standard InChI is InChI=1S/C12H13N5O/c1-17-11-7(10(16-17)12(14)18)4-2-6-3-5-8(13)15-9(6)11/h3,5H,2,4H2,1H3,(H2,13,15)(H2,14,18). The van der Waals surface area contributed by atoms with E-state index in [0.717, 1.165) is 35.4 Å². The summed E-state index contributed by atoms with van der Waals surface area (Å²) in [6.07, 6.45) is 1.57. The molecule has 18 heavy (non-hydrogen) atoms. The van der Waals surface area contributed by atoms with E-state index in [-0.39, 0.29) is 0 Å². The first-order valence-corrected chi connectivity index (χ1v) is 5.69. The van der Waals surface area contributed by atoms with Gasteiger partial charge in [0.15, 0.2) is 5.69 Å². The third-order valence-electron chi connectivity index (χ3n) is 3.25. The minimum absolute atomic E-state index is 0.336. The molecule has 0 saturated carbocycles. The molecule has 0 radical (unpaired) electrons. The number of hydrogen-bond acceptors (Lipinski definition) is 4. The zero-order valence-electron chi connectivity index (χ0n) is 9.97. The fourth-order valence-electron chi connectivity index (χ4n) is 2.47. The van der Waals surface area contributed by atoms with Gasteiger partial charge < -0.3 is 11.5 Å².